The van der Waals surface area contributed by atoms with Crippen molar-refractivity contribution in [2.45, 2.75) is 12.3 Å². The van der Waals surface area contributed by atoms with Crippen LogP contribution in [0.3, 0.4) is 0 Å². The van der Waals surface area contributed by atoms with E-state index in [0.717, 1.165) is 6.42 Å². The molecule has 1 aromatic heterocycles. The Labute approximate surface area is 141 Å². The monoisotopic (exact) mass is 323 g/mol. The van der Waals surface area contributed by atoms with Gasteiger partial charge in [0.15, 0.2) is 0 Å². The highest BCUT2D eigenvalue weighted by Crippen LogP contribution is 2.32. The highest BCUT2D eigenvalue weighted by molar-refractivity contribution is 5.91. The van der Waals surface area contributed by atoms with E-state index in [9.17, 15) is 9.90 Å². The lowest BCUT2D eigenvalue weighted by atomic mass is 9.81. The van der Waals surface area contributed by atoms with Crippen LogP contribution in [-0.4, -0.2) is 45.6 Å². The smallest absolute Gasteiger partial charge is 0.246 e. The van der Waals surface area contributed by atoms with E-state index in [0.29, 0.717) is 24.7 Å². The number of aliphatic hydroxyl groups excluding tert-OH is 1. The number of hydrogen-bond acceptors (Lipinski definition) is 4. The zero-order valence-corrected chi connectivity index (χ0v) is 13.5. The third-order valence-corrected chi connectivity index (χ3v) is 4.51. The number of hydrogen-bond donors (Lipinski definition) is 1. The van der Waals surface area contributed by atoms with Gasteiger partial charge in [-0.3, -0.25) is 4.79 Å². The Morgan fingerprint density at radius 2 is 2.12 bits per heavy atom. The largest absolute Gasteiger partial charge is 0.396 e. The molecule has 0 unspecified atom stereocenters. The molecule has 2 heterocycles. The molecule has 1 aliphatic rings. The fourth-order valence-corrected chi connectivity index (χ4v) is 3.22. The number of likely N-dealkylation sites (tertiary alicyclic amines) is 1. The second-order valence-corrected chi connectivity index (χ2v) is 6.00. The molecule has 0 spiro atoms. The van der Waals surface area contributed by atoms with Crippen molar-refractivity contribution in [2.75, 3.05) is 19.7 Å². The van der Waals surface area contributed by atoms with E-state index in [1.54, 1.807) is 29.3 Å². The first-order chi connectivity index (χ1) is 11.8. The third kappa shape index (κ3) is 3.86. The van der Waals surface area contributed by atoms with Gasteiger partial charge < -0.3 is 10.0 Å². The van der Waals surface area contributed by atoms with E-state index >= 15 is 0 Å². The summed E-state index contributed by atoms with van der Waals surface area (Å²) in [7, 11) is 0. The molecule has 3 rings (SSSR count). The average molecular weight is 323 g/mol. The molecule has 24 heavy (non-hydrogen) atoms. The van der Waals surface area contributed by atoms with Crippen LogP contribution >= 0.6 is 0 Å². The predicted molar refractivity (Wildman–Crippen MR) is 92.0 cm³/mol. The van der Waals surface area contributed by atoms with Gasteiger partial charge in [0.2, 0.25) is 5.91 Å². The van der Waals surface area contributed by atoms with Crippen LogP contribution in [-0.2, 0) is 4.79 Å². The fourth-order valence-electron chi connectivity index (χ4n) is 3.22. The number of amides is 1. The van der Waals surface area contributed by atoms with Crippen molar-refractivity contribution in [3.8, 4) is 0 Å². The van der Waals surface area contributed by atoms with E-state index in [2.05, 4.69) is 22.1 Å². The van der Waals surface area contributed by atoms with Gasteiger partial charge in [-0.1, -0.05) is 30.3 Å². The van der Waals surface area contributed by atoms with Gasteiger partial charge in [-0.15, -0.1) is 0 Å². The van der Waals surface area contributed by atoms with Gasteiger partial charge in [-0.25, -0.2) is 9.97 Å². The molecule has 0 aliphatic carbocycles. The molecule has 1 fully saturated rings. The van der Waals surface area contributed by atoms with E-state index in [1.807, 2.05) is 18.2 Å². The molecule has 1 aliphatic heterocycles. The van der Waals surface area contributed by atoms with Crippen molar-refractivity contribution < 1.29 is 9.90 Å². The molecule has 5 heteroatoms. The van der Waals surface area contributed by atoms with Crippen LogP contribution in [0.25, 0.3) is 6.08 Å². The molecule has 0 radical (unpaired) electrons. The lowest BCUT2D eigenvalue weighted by Gasteiger charge is -2.37. The van der Waals surface area contributed by atoms with Gasteiger partial charge in [0, 0.05) is 37.9 Å². The van der Waals surface area contributed by atoms with Crippen molar-refractivity contribution in [3.05, 3.63) is 66.3 Å². The number of carbonyl (C=O) groups excluding carboxylic acids is 1. The SMILES string of the molecule is O=C(C=Cc1ccncn1)N1CC[C@@H](c2ccccc2)[C@@H](CO)C1. The molecule has 1 aromatic carbocycles. The molecule has 2 aromatic rings. The lowest BCUT2D eigenvalue weighted by Crippen LogP contribution is -2.43. The summed E-state index contributed by atoms with van der Waals surface area (Å²) in [6.45, 7) is 1.35. The second kappa shape index (κ2) is 7.84. The van der Waals surface area contributed by atoms with Crippen molar-refractivity contribution in [1.29, 1.82) is 0 Å². The zero-order valence-electron chi connectivity index (χ0n) is 13.5. The molecule has 124 valence electrons. The minimum atomic E-state index is -0.0430. The summed E-state index contributed by atoms with van der Waals surface area (Å²) >= 11 is 0. The molecule has 1 amide bonds. The number of aliphatic hydroxyl groups is 1. The van der Waals surface area contributed by atoms with E-state index in [1.165, 1.54) is 11.9 Å². The summed E-state index contributed by atoms with van der Waals surface area (Å²) in [6, 6.07) is 12.0. The Hall–Kier alpha value is -2.53. The van der Waals surface area contributed by atoms with Crippen LogP contribution in [0.4, 0.5) is 0 Å². The molecule has 5 nitrogen and oxygen atoms in total. The number of benzene rings is 1. The molecule has 1 N–H and O–H groups in total. The Morgan fingerprint density at radius 1 is 1.29 bits per heavy atom. The number of rotatable bonds is 4. The maximum Gasteiger partial charge on any atom is 0.246 e. The minimum Gasteiger partial charge on any atom is -0.396 e. The van der Waals surface area contributed by atoms with Crippen LogP contribution in [0.5, 0.6) is 0 Å². The summed E-state index contributed by atoms with van der Waals surface area (Å²) in [5.41, 5.74) is 1.94. The normalized spacial score (nSPS) is 21.1. The second-order valence-electron chi connectivity index (χ2n) is 6.00. The lowest BCUT2D eigenvalue weighted by molar-refractivity contribution is -0.128. The molecule has 1 saturated heterocycles. The maximum absolute atomic E-state index is 12.4. The summed E-state index contributed by atoms with van der Waals surface area (Å²) in [6.07, 6.45) is 7.20. The highest BCUT2D eigenvalue weighted by Gasteiger charge is 2.31. The molecular weight excluding hydrogens is 302 g/mol. The van der Waals surface area contributed by atoms with E-state index in [-0.39, 0.29) is 18.4 Å². The van der Waals surface area contributed by atoms with Gasteiger partial charge in [0.05, 0.1) is 5.69 Å². The molecule has 0 bridgehead atoms. The van der Waals surface area contributed by atoms with E-state index < -0.39 is 0 Å². The average Bonchev–Trinajstić information content (AvgIpc) is 2.67. The number of carbonyl (C=O) groups is 1. The quantitative estimate of drug-likeness (QED) is 0.875. The van der Waals surface area contributed by atoms with Crippen molar-refractivity contribution in [1.82, 2.24) is 14.9 Å². The van der Waals surface area contributed by atoms with Crippen molar-refractivity contribution in [2.24, 2.45) is 5.92 Å². The summed E-state index contributed by atoms with van der Waals surface area (Å²) in [5.74, 6) is 0.321. The van der Waals surface area contributed by atoms with Gasteiger partial charge in [-0.05, 0) is 30.0 Å². The predicted octanol–water partition coefficient (Wildman–Crippen LogP) is 2.11. The summed E-state index contributed by atoms with van der Waals surface area (Å²) in [4.78, 5) is 22.1. The van der Waals surface area contributed by atoms with Gasteiger partial charge >= 0.3 is 0 Å². The summed E-state index contributed by atoms with van der Waals surface area (Å²) in [5, 5.41) is 9.76. The third-order valence-electron chi connectivity index (χ3n) is 4.51. The van der Waals surface area contributed by atoms with Crippen LogP contribution in [0.1, 0.15) is 23.6 Å². The molecular formula is C19H21N3O2. The molecule has 2 atom stereocenters. The number of piperidine rings is 1. The minimum absolute atomic E-state index is 0.0430. The number of aromatic nitrogens is 2. The Bertz CT molecular complexity index is 688. The van der Waals surface area contributed by atoms with Gasteiger partial charge in [-0.2, -0.15) is 0 Å². The maximum atomic E-state index is 12.4. The highest BCUT2D eigenvalue weighted by atomic mass is 16.3. The first-order valence-electron chi connectivity index (χ1n) is 8.16. The van der Waals surface area contributed by atoms with Crippen molar-refractivity contribution in [3.63, 3.8) is 0 Å². The first-order valence-corrected chi connectivity index (χ1v) is 8.16. The van der Waals surface area contributed by atoms with Crippen LogP contribution < -0.4 is 0 Å². The standard InChI is InChI=1S/C19H21N3O2/c23-13-16-12-22(11-9-18(16)15-4-2-1-3-5-15)19(24)7-6-17-8-10-20-14-21-17/h1-8,10,14,16,18,23H,9,11-13H2/t16-,18+/m1/s1. The topological polar surface area (TPSA) is 66.3 Å². The van der Waals surface area contributed by atoms with Crippen LogP contribution in [0, 0.1) is 5.92 Å². The Kier molecular flexibility index (Phi) is 5.33. The van der Waals surface area contributed by atoms with Gasteiger partial charge in [0.25, 0.3) is 0 Å². The van der Waals surface area contributed by atoms with Gasteiger partial charge in [0.1, 0.15) is 6.33 Å². The number of nitrogens with zero attached hydrogens (tertiary/aromatic N) is 3. The fraction of sp³-hybridized carbons (Fsp3) is 0.316. The summed E-state index contributed by atoms with van der Waals surface area (Å²) < 4.78 is 0. The first kappa shape index (κ1) is 16.3. The van der Waals surface area contributed by atoms with E-state index in [4.69, 9.17) is 0 Å². The van der Waals surface area contributed by atoms with Crippen molar-refractivity contribution >= 4 is 12.0 Å². The van der Waals surface area contributed by atoms with Crippen LogP contribution in [0.2, 0.25) is 0 Å². The Balaban J connectivity index is 1.65. The Morgan fingerprint density at radius 3 is 2.83 bits per heavy atom. The van der Waals surface area contributed by atoms with Crippen LogP contribution in [0.15, 0.2) is 55.0 Å². The molecule has 0 saturated carbocycles. The zero-order chi connectivity index (χ0) is 16.8.